The van der Waals surface area contributed by atoms with Gasteiger partial charge in [0.15, 0.2) is 15.0 Å². The first-order chi connectivity index (χ1) is 16.2. The van der Waals surface area contributed by atoms with Crippen molar-refractivity contribution in [2.24, 2.45) is 0 Å². The number of benzene rings is 3. The Bertz CT molecular complexity index is 1420. The number of carbonyl (C=O) groups is 1. The van der Waals surface area contributed by atoms with Gasteiger partial charge in [-0.2, -0.15) is 0 Å². The van der Waals surface area contributed by atoms with E-state index in [1.54, 1.807) is 43.0 Å². The molecule has 0 N–H and O–H groups in total. The van der Waals surface area contributed by atoms with Gasteiger partial charge in [0.05, 0.1) is 33.3 Å². The van der Waals surface area contributed by atoms with Gasteiger partial charge in [-0.1, -0.05) is 59.9 Å². The van der Waals surface area contributed by atoms with Gasteiger partial charge >= 0.3 is 0 Å². The van der Waals surface area contributed by atoms with Crippen molar-refractivity contribution >= 4 is 42.4 Å². The molecular weight excluding hydrogens is 464 g/mol. The van der Waals surface area contributed by atoms with Crippen LogP contribution in [-0.4, -0.2) is 24.6 Å². The second kappa shape index (κ2) is 9.68. The van der Waals surface area contributed by atoms with Crippen molar-refractivity contribution in [1.29, 1.82) is 0 Å². The Morgan fingerprint density at radius 1 is 0.941 bits per heavy atom. The number of rotatable bonds is 7. The maximum absolute atomic E-state index is 13.5. The van der Waals surface area contributed by atoms with Crippen LogP contribution in [0, 0.1) is 13.8 Å². The number of amides is 1. The van der Waals surface area contributed by atoms with Gasteiger partial charge in [0.1, 0.15) is 0 Å². The largest absolute Gasteiger partial charge is 0.283 e. The number of sulfone groups is 1. The van der Waals surface area contributed by atoms with Crippen molar-refractivity contribution in [1.82, 2.24) is 4.98 Å². The van der Waals surface area contributed by atoms with Gasteiger partial charge in [0, 0.05) is 0 Å². The summed E-state index contributed by atoms with van der Waals surface area (Å²) in [6.07, 6.45) is 0.156. The molecule has 0 aliphatic carbocycles. The van der Waals surface area contributed by atoms with Gasteiger partial charge in [-0.3, -0.25) is 9.69 Å². The predicted octanol–water partition coefficient (Wildman–Crippen LogP) is 5.87. The smallest absolute Gasteiger partial charge is 0.233 e. The van der Waals surface area contributed by atoms with Crippen molar-refractivity contribution < 1.29 is 13.2 Å². The van der Waals surface area contributed by atoms with Gasteiger partial charge in [-0.25, -0.2) is 13.4 Å². The molecule has 0 fully saturated rings. The number of thiazole rings is 1. The van der Waals surface area contributed by atoms with Crippen LogP contribution in [0.25, 0.3) is 10.2 Å². The molecular formula is C27H28N2O3S2. The lowest BCUT2D eigenvalue weighted by molar-refractivity contribution is -0.118. The quantitative estimate of drug-likeness (QED) is 0.324. The highest BCUT2D eigenvalue weighted by molar-refractivity contribution is 7.92. The van der Waals surface area contributed by atoms with Crippen LogP contribution < -0.4 is 4.90 Å². The number of hydrogen-bond acceptors (Lipinski definition) is 5. The third-order valence-corrected chi connectivity index (χ3v) is 9.23. The second-order valence-corrected chi connectivity index (χ2v) is 12.2. The van der Waals surface area contributed by atoms with E-state index in [0.717, 1.165) is 26.9 Å². The van der Waals surface area contributed by atoms with E-state index in [9.17, 15) is 13.2 Å². The van der Waals surface area contributed by atoms with Crippen LogP contribution in [0.3, 0.4) is 0 Å². The summed E-state index contributed by atoms with van der Waals surface area (Å²) in [7, 11) is -3.35. The molecule has 0 aliphatic rings. The highest BCUT2D eigenvalue weighted by Gasteiger charge is 2.23. The number of nitrogens with zero attached hydrogens (tertiary/aromatic N) is 2. The summed E-state index contributed by atoms with van der Waals surface area (Å²) < 4.78 is 25.9. The van der Waals surface area contributed by atoms with E-state index in [1.807, 2.05) is 30.3 Å². The zero-order valence-corrected chi connectivity index (χ0v) is 21.4. The summed E-state index contributed by atoms with van der Waals surface area (Å²) in [5.41, 5.74) is 4.99. The van der Waals surface area contributed by atoms with Crippen molar-refractivity contribution in [2.45, 2.75) is 50.8 Å². The normalized spacial score (nSPS) is 11.8. The summed E-state index contributed by atoms with van der Waals surface area (Å²) in [4.78, 5) is 20.4. The number of carbonyl (C=O) groups excluding carboxylic acids is 1. The molecule has 0 spiro atoms. The molecule has 5 nitrogen and oxygen atoms in total. The molecule has 0 bridgehead atoms. The Balaban J connectivity index is 1.65. The van der Waals surface area contributed by atoms with Crippen LogP contribution >= 0.6 is 11.3 Å². The Labute approximate surface area is 205 Å². The predicted molar refractivity (Wildman–Crippen MR) is 139 cm³/mol. The molecule has 4 aromatic rings. The van der Waals surface area contributed by atoms with Crippen molar-refractivity contribution in [3.05, 3.63) is 89.0 Å². The van der Waals surface area contributed by atoms with Crippen molar-refractivity contribution in [3.8, 4) is 0 Å². The van der Waals surface area contributed by atoms with E-state index in [1.165, 1.54) is 16.9 Å². The molecule has 0 atom stereocenters. The molecule has 1 amide bonds. The molecule has 0 saturated heterocycles. The number of aromatic nitrogens is 1. The molecule has 1 heterocycles. The Kier molecular flexibility index (Phi) is 6.86. The lowest BCUT2D eigenvalue weighted by Crippen LogP contribution is -2.31. The Hall–Kier alpha value is -3.03. The lowest BCUT2D eigenvalue weighted by atomic mass is 10.1. The standard InChI is InChI=1S/C27H28N2O3S2/c1-18(2)34(31,32)23-13-11-21(12-14-23)16-25(30)29(17-22-8-6-5-7-9-22)27-28-26-20(4)19(3)10-15-24(26)33-27/h5-15,18H,16-17H2,1-4H3. The van der Waals surface area contributed by atoms with Gasteiger partial charge in [0.2, 0.25) is 5.91 Å². The second-order valence-electron chi connectivity index (χ2n) is 8.73. The molecule has 0 saturated carbocycles. The minimum absolute atomic E-state index is 0.0863. The van der Waals surface area contributed by atoms with Gasteiger partial charge in [-0.05, 0) is 68.1 Å². The van der Waals surface area contributed by atoms with E-state index in [0.29, 0.717) is 11.7 Å². The third-order valence-electron chi connectivity index (χ3n) is 6.02. The monoisotopic (exact) mass is 492 g/mol. The number of aryl methyl sites for hydroxylation is 2. The third kappa shape index (κ3) is 4.91. The topological polar surface area (TPSA) is 67.3 Å². The average Bonchev–Trinajstić information content (AvgIpc) is 3.25. The minimum atomic E-state index is -3.35. The molecule has 3 aromatic carbocycles. The van der Waals surface area contributed by atoms with Crippen LogP contribution in [0.5, 0.6) is 0 Å². The molecule has 1 aromatic heterocycles. The fourth-order valence-electron chi connectivity index (χ4n) is 3.70. The summed E-state index contributed by atoms with van der Waals surface area (Å²) in [6.45, 7) is 7.85. The first-order valence-corrected chi connectivity index (χ1v) is 13.6. The van der Waals surface area contributed by atoms with Gasteiger partial charge < -0.3 is 0 Å². The van der Waals surface area contributed by atoms with E-state index in [2.05, 4.69) is 26.0 Å². The highest BCUT2D eigenvalue weighted by atomic mass is 32.2. The molecule has 7 heteroatoms. The SMILES string of the molecule is Cc1ccc2sc(N(Cc3ccccc3)C(=O)Cc3ccc(S(=O)(=O)C(C)C)cc3)nc2c1C. The maximum Gasteiger partial charge on any atom is 0.233 e. The van der Waals surface area contributed by atoms with E-state index in [-0.39, 0.29) is 17.2 Å². The molecule has 4 rings (SSSR count). The first kappa shape index (κ1) is 24.1. The highest BCUT2D eigenvalue weighted by Crippen LogP contribution is 2.33. The van der Waals surface area contributed by atoms with Crippen LogP contribution in [0.15, 0.2) is 71.6 Å². The average molecular weight is 493 g/mol. The summed E-state index contributed by atoms with van der Waals surface area (Å²) in [6, 6.07) is 20.6. The summed E-state index contributed by atoms with van der Waals surface area (Å²) >= 11 is 1.51. The van der Waals surface area contributed by atoms with Crippen molar-refractivity contribution in [3.63, 3.8) is 0 Å². The zero-order valence-electron chi connectivity index (χ0n) is 19.8. The fourth-order valence-corrected chi connectivity index (χ4v) is 5.80. The van der Waals surface area contributed by atoms with Crippen LogP contribution in [0.2, 0.25) is 0 Å². The van der Waals surface area contributed by atoms with Crippen LogP contribution in [0.4, 0.5) is 5.13 Å². The number of fused-ring (bicyclic) bond motifs is 1. The number of hydrogen-bond donors (Lipinski definition) is 0. The Morgan fingerprint density at radius 3 is 2.26 bits per heavy atom. The van der Waals surface area contributed by atoms with Crippen molar-refractivity contribution in [2.75, 3.05) is 4.90 Å². The molecule has 34 heavy (non-hydrogen) atoms. The first-order valence-electron chi connectivity index (χ1n) is 11.2. The molecule has 0 unspecified atom stereocenters. The summed E-state index contributed by atoms with van der Waals surface area (Å²) in [5, 5.41) is 0.170. The van der Waals surface area contributed by atoms with Crippen LogP contribution in [-0.2, 0) is 27.6 Å². The number of anilines is 1. The van der Waals surface area contributed by atoms with E-state index in [4.69, 9.17) is 4.98 Å². The lowest BCUT2D eigenvalue weighted by Gasteiger charge is -2.20. The van der Waals surface area contributed by atoms with E-state index < -0.39 is 15.1 Å². The van der Waals surface area contributed by atoms with Gasteiger partial charge in [0.25, 0.3) is 0 Å². The Morgan fingerprint density at radius 2 is 1.62 bits per heavy atom. The van der Waals surface area contributed by atoms with Gasteiger partial charge in [-0.15, -0.1) is 0 Å². The zero-order chi connectivity index (χ0) is 24.5. The maximum atomic E-state index is 13.5. The molecule has 0 radical (unpaired) electrons. The van der Waals surface area contributed by atoms with E-state index >= 15 is 0 Å². The fraction of sp³-hybridized carbons (Fsp3) is 0.259. The summed E-state index contributed by atoms with van der Waals surface area (Å²) in [5.74, 6) is -0.0863. The molecule has 0 aliphatic heterocycles. The van der Waals surface area contributed by atoms with Crippen LogP contribution in [0.1, 0.15) is 36.1 Å². The molecule has 176 valence electrons. The minimum Gasteiger partial charge on any atom is -0.283 e.